The van der Waals surface area contributed by atoms with Crippen LogP contribution in [0.15, 0.2) is 0 Å². The van der Waals surface area contributed by atoms with Gasteiger partial charge in [0.05, 0.1) is 0 Å². The van der Waals surface area contributed by atoms with Gasteiger partial charge in [0.1, 0.15) is 0 Å². The van der Waals surface area contributed by atoms with Crippen molar-refractivity contribution in [2.24, 2.45) is 5.41 Å². The van der Waals surface area contributed by atoms with E-state index in [4.69, 9.17) is 13.8 Å². The number of rotatable bonds is 20. The first-order valence-electron chi connectivity index (χ1n) is 12.4. The van der Waals surface area contributed by atoms with E-state index < -0.39 is 20.5 Å². The molecule has 0 bridgehead atoms. The third-order valence-corrected chi connectivity index (χ3v) is 12.9. The van der Waals surface area contributed by atoms with Crippen LogP contribution in [-0.2, 0) is 23.1 Å². The molecule has 0 fully saturated rings. The van der Waals surface area contributed by atoms with Gasteiger partial charge in [-0.05, 0) is 0 Å². The molecule has 0 aliphatic carbocycles. The molecule has 0 aliphatic rings. The number of hydrogen-bond donors (Lipinski definition) is 1. The molecule has 0 saturated heterocycles. The molecule has 0 aromatic carbocycles. The summed E-state index contributed by atoms with van der Waals surface area (Å²) in [6.45, 7) is 12.3. The molecular formula is C23H50O6P2. The van der Waals surface area contributed by atoms with Crippen LogP contribution in [0, 0.1) is 5.41 Å². The molecule has 0 amide bonds. The SMILES string of the molecule is CCCCC[PH](CCCC)(CCCC)CCOP(=O)(O)OCCOC(=O)C(C)(C)CC. The van der Waals surface area contributed by atoms with E-state index in [1.807, 2.05) is 20.8 Å². The van der Waals surface area contributed by atoms with Gasteiger partial charge in [-0.15, -0.1) is 0 Å². The van der Waals surface area contributed by atoms with Gasteiger partial charge in [-0.1, -0.05) is 0 Å². The van der Waals surface area contributed by atoms with E-state index in [-0.39, 0.29) is 25.8 Å². The zero-order valence-corrected chi connectivity index (χ0v) is 22.9. The minimum atomic E-state index is -4.14. The summed E-state index contributed by atoms with van der Waals surface area (Å²) in [5, 5.41) is 0. The molecule has 1 unspecified atom stereocenters. The number of carbonyl (C=O) groups is 1. The van der Waals surface area contributed by atoms with Gasteiger partial charge >= 0.3 is 192 Å². The number of unbranched alkanes of at least 4 members (excludes halogenated alkanes) is 4. The van der Waals surface area contributed by atoms with Gasteiger partial charge < -0.3 is 0 Å². The van der Waals surface area contributed by atoms with Gasteiger partial charge in [-0.3, -0.25) is 0 Å². The third kappa shape index (κ3) is 14.0. The zero-order chi connectivity index (χ0) is 23.8. The average Bonchev–Trinajstić information content (AvgIpc) is 2.73. The monoisotopic (exact) mass is 484 g/mol. The Kier molecular flexibility index (Phi) is 16.6. The summed E-state index contributed by atoms with van der Waals surface area (Å²) in [5.74, 6) is -0.331. The number of carbonyl (C=O) groups excluding carboxylic acids is 1. The van der Waals surface area contributed by atoms with Crippen molar-refractivity contribution in [2.45, 2.75) is 92.9 Å². The van der Waals surface area contributed by atoms with Crippen molar-refractivity contribution >= 4 is 21.1 Å². The van der Waals surface area contributed by atoms with Gasteiger partial charge in [0.2, 0.25) is 0 Å². The first-order chi connectivity index (χ1) is 14.6. The van der Waals surface area contributed by atoms with Crippen LogP contribution in [0.3, 0.4) is 0 Å². The Morgan fingerprint density at radius 3 is 1.84 bits per heavy atom. The molecule has 0 aliphatic heterocycles. The van der Waals surface area contributed by atoms with Crippen LogP contribution in [0.1, 0.15) is 92.9 Å². The molecule has 0 rings (SSSR count). The van der Waals surface area contributed by atoms with Crippen molar-refractivity contribution in [3.8, 4) is 0 Å². The van der Waals surface area contributed by atoms with E-state index in [2.05, 4.69) is 20.8 Å². The van der Waals surface area contributed by atoms with Crippen molar-refractivity contribution < 1.29 is 28.0 Å². The third-order valence-electron chi connectivity index (χ3n) is 6.33. The summed E-state index contributed by atoms with van der Waals surface area (Å²) < 4.78 is 27.8. The number of hydrogen-bond acceptors (Lipinski definition) is 5. The minimum absolute atomic E-state index is 0.0567. The van der Waals surface area contributed by atoms with Crippen LogP contribution in [0.2, 0.25) is 0 Å². The molecule has 0 heterocycles. The van der Waals surface area contributed by atoms with Gasteiger partial charge in [0.25, 0.3) is 0 Å². The second kappa shape index (κ2) is 16.6. The Balaban J connectivity index is 4.65. The van der Waals surface area contributed by atoms with Gasteiger partial charge in [0.15, 0.2) is 0 Å². The molecule has 1 atom stereocenters. The molecule has 0 radical (unpaired) electrons. The van der Waals surface area contributed by atoms with E-state index in [0.29, 0.717) is 6.42 Å². The summed E-state index contributed by atoms with van der Waals surface area (Å²) in [5.41, 5.74) is -0.567. The topological polar surface area (TPSA) is 82.1 Å². The van der Waals surface area contributed by atoms with Crippen LogP contribution >= 0.6 is 15.1 Å². The molecule has 8 heteroatoms. The molecule has 6 nitrogen and oxygen atoms in total. The molecule has 31 heavy (non-hydrogen) atoms. The molecule has 188 valence electrons. The molecule has 1 N–H and O–H groups in total. The number of phosphoric acid groups is 1. The van der Waals surface area contributed by atoms with Crippen molar-refractivity contribution in [2.75, 3.05) is 44.5 Å². The Morgan fingerprint density at radius 1 is 0.806 bits per heavy atom. The number of phosphoric ester groups is 1. The maximum atomic E-state index is 12.3. The van der Waals surface area contributed by atoms with Crippen molar-refractivity contribution in [3.63, 3.8) is 0 Å². The van der Waals surface area contributed by atoms with Crippen molar-refractivity contribution in [3.05, 3.63) is 0 Å². The van der Waals surface area contributed by atoms with Crippen LogP contribution in [0.4, 0.5) is 0 Å². The Hall–Kier alpha value is 0.0100. The standard InChI is InChI=1S/C23H50O6P2/c1-7-11-14-20-30(18-12-8-2,19-13-9-3)21-17-29-31(25,26)28-16-15-27-22(24)23(5,6)10-4/h30H,7-21H2,1-6H3,(H,25,26). The second-order valence-corrected chi connectivity index (χ2v) is 15.9. The van der Waals surface area contributed by atoms with E-state index in [9.17, 15) is 14.3 Å². The summed E-state index contributed by atoms with van der Waals surface area (Å²) in [6, 6.07) is 0. The van der Waals surface area contributed by atoms with Crippen LogP contribution in [0.25, 0.3) is 0 Å². The van der Waals surface area contributed by atoms with Crippen LogP contribution < -0.4 is 0 Å². The quantitative estimate of drug-likeness (QED) is 0.118. The fraction of sp³-hybridized carbons (Fsp3) is 0.957. The van der Waals surface area contributed by atoms with E-state index in [1.165, 1.54) is 63.4 Å². The number of ether oxygens (including phenoxy) is 1. The predicted molar refractivity (Wildman–Crippen MR) is 134 cm³/mol. The number of esters is 1. The summed E-state index contributed by atoms with van der Waals surface area (Å²) >= 11 is 0. The second-order valence-electron chi connectivity index (χ2n) is 9.42. The predicted octanol–water partition coefficient (Wildman–Crippen LogP) is 6.64. The van der Waals surface area contributed by atoms with E-state index >= 15 is 0 Å². The van der Waals surface area contributed by atoms with E-state index in [1.54, 1.807) is 0 Å². The van der Waals surface area contributed by atoms with Crippen molar-refractivity contribution in [1.82, 2.24) is 0 Å². The Labute approximate surface area is 192 Å². The van der Waals surface area contributed by atoms with Crippen LogP contribution in [-0.4, -0.2) is 55.3 Å². The molecular weight excluding hydrogens is 434 g/mol. The summed E-state index contributed by atoms with van der Waals surface area (Å²) in [7, 11) is -5.67. The summed E-state index contributed by atoms with van der Waals surface area (Å²) in [6.07, 6.45) is 13.9. The normalized spacial score (nSPS) is 14.9. The maximum absolute atomic E-state index is 12.3. The van der Waals surface area contributed by atoms with Crippen molar-refractivity contribution in [1.29, 1.82) is 0 Å². The average molecular weight is 485 g/mol. The first-order valence-corrected chi connectivity index (χ1v) is 16.7. The molecule has 0 saturated carbocycles. The first kappa shape index (κ1) is 31.0. The van der Waals surface area contributed by atoms with Gasteiger partial charge in [-0.25, -0.2) is 0 Å². The van der Waals surface area contributed by atoms with Gasteiger partial charge in [0, 0.05) is 0 Å². The molecule has 0 aromatic rings. The summed E-state index contributed by atoms with van der Waals surface area (Å²) in [4.78, 5) is 22.0. The Morgan fingerprint density at radius 2 is 1.32 bits per heavy atom. The molecule has 0 spiro atoms. The van der Waals surface area contributed by atoms with E-state index in [0.717, 1.165) is 6.16 Å². The fourth-order valence-electron chi connectivity index (χ4n) is 3.65. The molecule has 0 aromatic heterocycles. The van der Waals surface area contributed by atoms with Gasteiger partial charge in [-0.2, -0.15) is 0 Å². The fourth-order valence-corrected chi connectivity index (χ4v) is 9.76. The van der Waals surface area contributed by atoms with Crippen LogP contribution in [0.5, 0.6) is 0 Å². The Bertz CT molecular complexity index is 516. The zero-order valence-electron chi connectivity index (χ0n) is 21.0.